The van der Waals surface area contributed by atoms with Crippen LogP contribution >= 0.6 is 11.3 Å². The zero-order valence-electron chi connectivity index (χ0n) is 14.4. The zero-order chi connectivity index (χ0) is 18.4. The molecule has 0 aliphatic heterocycles. The van der Waals surface area contributed by atoms with Gasteiger partial charge < -0.3 is 20.1 Å². The van der Waals surface area contributed by atoms with Crippen molar-refractivity contribution in [3.8, 4) is 22.8 Å². The van der Waals surface area contributed by atoms with Crippen molar-refractivity contribution in [1.82, 2.24) is 15.3 Å². The first-order valence-corrected chi connectivity index (χ1v) is 8.74. The third kappa shape index (κ3) is 4.28. The van der Waals surface area contributed by atoms with Gasteiger partial charge >= 0.3 is 6.03 Å². The Kier molecular flexibility index (Phi) is 5.65. The number of nitrogens with zero attached hydrogens (tertiary/aromatic N) is 2. The first-order chi connectivity index (χ1) is 12.7. The predicted molar refractivity (Wildman–Crippen MR) is 101 cm³/mol. The number of hydrogen-bond acceptors (Lipinski definition) is 6. The molecule has 2 aromatic heterocycles. The molecule has 134 valence electrons. The summed E-state index contributed by atoms with van der Waals surface area (Å²) in [4.78, 5) is 20.9. The van der Waals surface area contributed by atoms with Gasteiger partial charge in [0.15, 0.2) is 0 Å². The summed E-state index contributed by atoms with van der Waals surface area (Å²) in [5.41, 5.74) is 3.01. The van der Waals surface area contributed by atoms with Gasteiger partial charge in [-0.3, -0.25) is 9.97 Å². The molecule has 8 heteroatoms. The van der Waals surface area contributed by atoms with Gasteiger partial charge in [-0.15, -0.1) is 0 Å². The zero-order valence-corrected chi connectivity index (χ0v) is 15.2. The molecule has 0 bridgehead atoms. The lowest BCUT2D eigenvalue weighted by Crippen LogP contribution is -2.28. The van der Waals surface area contributed by atoms with E-state index in [2.05, 4.69) is 20.6 Å². The predicted octanol–water partition coefficient (Wildman–Crippen LogP) is 3.54. The van der Waals surface area contributed by atoms with Crippen molar-refractivity contribution in [2.24, 2.45) is 0 Å². The fourth-order valence-corrected chi connectivity index (χ4v) is 3.00. The van der Waals surface area contributed by atoms with Crippen LogP contribution in [0, 0.1) is 0 Å². The first-order valence-electron chi connectivity index (χ1n) is 7.80. The monoisotopic (exact) mass is 370 g/mol. The lowest BCUT2D eigenvalue weighted by atomic mass is 10.2. The van der Waals surface area contributed by atoms with Gasteiger partial charge in [-0.25, -0.2) is 4.79 Å². The Morgan fingerprint density at radius 1 is 1.12 bits per heavy atom. The van der Waals surface area contributed by atoms with Crippen molar-refractivity contribution in [1.29, 1.82) is 0 Å². The Morgan fingerprint density at radius 2 is 1.85 bits per heavy atom. The van der Waals surface area contributed by atoms with Crippen LogP contribution in [0.15, 0.2) is 47.4 Å². The number of amides is 2. The second-order valence-corrected chi connectivity index (χ2v) is 6.05. The number of methoxy groups -OCH3 is 2. The van der Waals surface area contributed by atoms with Gasteiger partial charge in [0.25, 0.3) is 0 Å². The molecule has 1 aromatic carbocycles. The maximum Gasteiger partial charge on any atom is 0.319 e. The normalized spacial score (nSPS) is 10.2. The number of aromatic nitrogens is 2. The second kappa shape index (κ2) is 8.30. The molecule has 2 amide bonds. The minimum absolute atomic E-state index is 0.256. The van der Waals surface area contributed by atoms with Crippen molar-refractivity contribution in [3.05, 3.63) is 53.1 Å². The molecular weight excluding hydrogens is 352 g/mol. The van der Waals surface area contributed by atoms with Crippen molar-refractivity contribution in [2.75, 3.05) is 19.5 Å². The second-order valence-electron chi connectivity index (χ2n) is 5.27. The fourth-order valence-electron chi connectivity index (χ4n) is 2.36. The van der Waals surface area contributed by atoms with E-state index in [0.717, 1.165) is 11.3 Å². The summed E-state index contributed by atoms with van der Waals surface area (Å²) in [6, 6.07) is 6.76. The standard InChI is InChI=1S/C18H18N4O3S/c1-24-14-7-13(8-15(9-14)25-2)22-18(23)21-10-16-17(20-5-4-19-16)12-3-6-26-11-12/h3-9,11H,10H2,1-2H3,(H2,21,22,23). The molecule has 0 aliphatic rings. The highest BCUT2D eigenvalue weighted by Gasteiger charge is 2.11. The Balaban J connectivity index is 1.67. The summed E-state index contributed by atoms with van der Waals surface area (Å²) in [7, 11) is 3.11. The largest absolute Gasteiger partial charge is 0.497 e. The number of ether oxygens (including phenoxy) is 2. The van der Waals surface area contributed by atoms with Gasteiger partial charge in [0.1, 0.15) is 11.5 Å². The average molecular weight is 370 g/mol. The molecule has 26 heavy (non-hydrogen) atoms. The third-order valence-corrected chi connectivity index (χ3v) is 4.28. The maximum absolute atomic E-state index is 12.2. The molecule has 3 aromatic rings. The molecule has 0 saturated carbocycles. The van der Waals surface area contributed by atoms with Crippen LogP contribution in [0.3, 0.4) is 0 Å². The van der Waals surface area contributed by atoms with E-state index in [-0.39, 0.29) is 12.6 Å². The Morgan fingerprint density at radius 3 is 2.50 bits per heavy atom. The molecule has 0 aliphatic carbocycles. The van der Waals surface area contributed by atoms with E-state index in [1.165, 1.54) is 0 Å². The van der Waals surface area contributed by atoms with E-state index in [1.54, 1.807) is 56.1 Å². The highest BCUT2D eigenvalue weighted by molar-refractivity contribution is 7.08. The maximum atomic E-state index is 12.2. The lowest BCUT2D eigenvalue weighted by Gasteiger charge is -2.11. The highest BCUT2D eigenvalue weighted by atomic mass is 32.1. The summed E-state index contributed by atoms with van der Waals surface area (Å²) >= 11 is 1.59. The van der Waals surface area contributed by atoms with Crippen LogP contribution in [0.1, 0.15) is 5.69 Å². The highest BCUT2D eigenvalue weighted by Crippen LogP contribution is 2.26. The minimum Gasteiger partial charge on any atom is -0.497 e. The molecule has 7 nitrogen and oxygen atoms in total. The van der Waals surface area contributed by atoms with Gasteiger partial charge in [-0.2, -0.15) is 11.3 Å². The summed E-state index contributed by atoms with van der Waals surface area (Å²) in [6.45, 7) is 0.256. The van der Waals surface area contributed by atoms with Crippen LogP contribution in [-0.2, 0) is 6.54 Å². The van der Waals surface area contributed by atoms with Crippen LogP contribution in [0.2, 0.25) is 0 Å². The Hall–Kier alpha value is -3.13. The molecule has 0 atom stereocenters. The Bertz CT molecular complexity index is 862. The number of carbonyl (C=O) groups excluding carboxylic acids is 1. The van der Waals surface area contributed by atoms with Crippen molar-refractivity contribution in [3.63, 3.8) is 0 Å². The number of thiophene rings is 1. The summed E-state index contributed by atoms with van der Waals surface area (Å²) in [6.07, 6.45) is 3.25. The summed E-state index contributed by atoms with van der Waals surface area (Å²) in [5.74, 6) is 1.18. The average Bonchev–Trinajstić information content (AvgIpc) is 3.20. The number of hydrogen-bond donors (Lipinski definition) is 2. The van der Waals surface area contributed by atoms with Crippen LogP contribution in [0.5, 0.6) is 11.5 Å². The smallest absolute Gasteiger partial charge is 0.319 e. The molecule has 2 heterocycles. The third-order valence-electron chi connectivity index (χ3n) is 3.59. The Labute approximate surface area is 155 Å². The van der Waals surface area contributed by atoms with Gasteiger partial charge in [0.05, 0.1) is 32.2 Å². The van der Waals surface area contributed by atoms with Crippen LogP contribution in [-0.4, -0.2) is 30.2 Å². The molecule has 0 unspecified atom stereocenters. The van der Waals surface area contributed by atoms with Crippen LogP contribution in [0.4, 0.5) is 10.5 Å². The summed E-state index contributed by atoms with van der Waals surface area (Å²) in [5, 5.41) is 9.53. The SMILES string of the molecule is COc1cc(NC(=O)NCc2nccnc2-c2ccsc2)cc(OC)c1. The molecule has 3 rings (SSSR count). The minimum atomic E-state index is -0.359. The van der Waals surface area contributed by atoms with Crippen LogP contribution < -0.4 is 20.1 Å². The van der Waals surface area contributed by atoms with E-state index in [1.807, 2.05) is 16.8 Å². The molecule has 2 N–H and O–H groups in total. The van der Waals surface area contributed by atoms with Gasteiger partial charge in [0, 0.05) is 47.2 Å². The summed E-state index contributed by atoms with van der Waals surface area (Å²) < 4.78 is 10.4. The quantitative estimate of drug-likeness (QED) is 0.693. The number of urea groups is 1. The van der Waals surface area contributed by atoms with E-state index in [0.29, 0.717) is 22.9 Å². The van der Waals surface area contributed by atoms with Crippen molar-refractivity contribution in [2.45, 2.75) is 6.54 Å². The number of nitrogens with one attached hydrogen (secondary N) is 2. The number of carbonyl (C=O) groups is 1. The van der Waals surface area contributed by atoms with E-state index in [4.69, 9.17) is 9.47 Å². The van der Waals surface area contributed by atoms with E-state index >= 15 is 0 Å². The topological polar surface area (TPSA) is 85.4 Å². The fraction of sp³-hybridized carbons (Fsp3) is 0.167. The first kappa shape index (κ1) is 17.7. The van der Waals surface area contributed by atoms with Crippen LogP contribution in [0.25, 0.3) is 11.3 Å². The van der Waals surface area contributed by atoms with Crippen molar-refractivity contribution < 1.29 is 14.3 Å². The van der Waals surface area contributed by atoms with Gasteiger partial charge in [0.2, 0.25) is 0 Å². The molecule has 0 saturated heterocycles. The number of rotatable bonds is 6. The van der Waals surface area contributed by atoms with E-state index < -0.39 is 0 Å². The number of benzene rings is 1. The molecule has 0 fully saturated rings. The number of anilines is 1. The molecule has 0 radical (unpaired) electrons. The molecule has 0 spiro atoms. The molecular formula is C18H18N4O3S. The van der Waals surface area contributed by atoms with Gasteiger partial charge in [-0.1, -0.05) is 0 Å². The van der Waals surface area contributed by atoms with Crippen molar-refractivity contribution >= 4 is 23.1 Å². The van der Waals surface area contributed by atoms with E-state index in [9.17, 15) is 4.79 Å². The van der Waals surface area contributed by atoms with Gasteiger partial charge in [-0.05, 0) is 11.4 Å². The lowest BCUT2D eigenvalue weighted by molar-refractivity contribution is 0.251.